The zero-order chi connectivity index (χ0) is 12.1. The first-order chi connectivity index (χ1) is 7.29. The number of ether oxygens (including phenoxy) is 2. The van der Waals surface area contributed by atoms with E-state index in [9.17, 15) is 4.79 Å². The molecule has 1 heterocycles. The Balaban J connectivity index is 1.92. The quantitative estimate of drug-likeness (QED) is 0.644. The zero-order valence-corrected chi connectivity index (χ0v) is 10.7. The van der Waals surface area contributed by atoms with Crippen molar-refractivity contribution in [1.29, 1.82) is 0 Å². The Morgan fingerprint density at radius 2 is 2.06 bits per heavy atom. The van der Waals surface area contributed by atoms with Crippen LogP contribution in [-0.4, -0.2) is 41.9 Å². The van der Waals surface area contributed by atoms with Crippen molar-refractivity contribution in [3.8, 4) is 0 Å². The highest BCUT2D eigenvalue weighted by Gasteiger charge is 2.55. The summed E-state index contributed by atoms with van der Waals surface area (Å²) in [6, 6.07) is 0.263. The highest BCUT2D eigenvalue weighted by molar-refractivity contribution is 5.68. The molecule has 1 amide bonds. The van der Waals surface area contributed by atoms with Crippen LogP contribution in [0.4, 0.5) is 4.79 Å². The van der Waals surface area contributed by atoms with Crippen molar-refractivity contribution in [2.75, 3.05) is 7.05 Å². The van der Waals surface area contributed by atoms with Crippen molar-refractivity contribution in [2.24, 2.45) is 5.92 Å². The van der Waals surface area contributed by atoms with Crippen molar-refractivity contribution < 1.29 is 14.3 Å². The molecule has 2 rings (SSSR count). The summed E-state index contributed by atoms with van der Waals surface area (Å²) >= 11 is 0. The van der Waals surface area contributed by atoms with Crippen molar-refractivity contribution in [1.82, 2.24) is 4.90 Å². The van der Waals surface area contributed by atoms with Gasteiger partial charge in [-0.15, -0.1) is 0 Å². The van der Waals surface area contributed by atoms with E-state index in [1.165, 1.54) is 0 Å². The lowest BCUT2D eigenvalue weighted by molar-refractivity contribution is 0.0144. The first-order valence-electron chi connectivity index (χ1n) is 5.91. The number of hydrogen-bond donors (Lipinski definition) is 0. The van der Waals surface area contributed by atoms with Crippen LogP contribution in [0.15, 0.2) is 0 Å². The maximum atomic E-state index is 11.9. The minimum atomic E-state index is -0.424. The molecule has 1 aliphatic carbocycles. The van der Waals surface area contributed by atoms with Gasteiger partial charge in [-0.05, 0) is 27.2 Å². The largest absolute Gasteiger partial charge is 0.444 e. The molecule has 0 N–H and O–H groups in total. The summed E-state index contributed by atoms with van der Waals surface area (Å²) in [6.07, 6.45) is 1.46. The normalized spacial score (nSPS) is 36.8. The summed E-state index contributed by atoms with van der Waals surface area (Å²) in [5.74, 6) is 0.419. The van der Waals surface area contributed by atoms with Crippen LogP contribution in [0.25, 0.3) is 0 Å². The van der Waals surface area contributed by atoms with E-state index in [1.54, 1.807) is 4.90 Å². The number of carbonyl (C=O) groups is 1. The Hall–Kier alpha value is -0.770. The predicted octanol–water partition coefficient (Wildman–Crippen LogP) is 2.03. The molecular weight excluding hydrogens is 206 g/mol. The summed E-state index contributed by atoms with van der Waals surface area (Å²) in [5, 5.41) is 0. The third-order valence-electron chi connectivity index (χ3n) is 3.40. The molecule has 0 aromatic rings. The smallest absolute Gasteiger partial charge is 0.410 e. The molecular formula is C12H21NO3. The van der Waals surface area contributed by atoms with Gasteiger partial charge in [0, 0.05) is 19.0 Å². The summed E-state index contributed by atoms with van der Waals surface area (Å²) in [6.45, 7) is 7.80. The van der Waals surface area contributed by atoms with E-state index in [1.807, 2.05) is 27.8 Å². The highest BCUT2D eigenvalue weighted by atomic mass is 16.6. The molecule has 0 spiro atoms. The molecule has 4 unspecified atom stereocenters. The Kier molecular flexibility index (Phi) is 2.65. The SMILES string of the molecule is CC1C2OC2CC1N(C)C(=O)OC(C)(C)C. The van der Waals surface area contributed by atoms with E-state index in [-0.39, 0.29) is 12.1 Å². The molecule has 0 radical (unpaired) electrons. The summed E-state index contributed by atoms with van der Waals surface area (Å²) in [7, 11) is 1.82. The van der Waals surface area contributed by atoms with Crippen molar-refractivity contribution in [3.05, 3.63) is 0 Å². The van der Waals surface area contributed by atoms with Crippen LogP contribution in [0, 0.1) is 5.92 Å². The second-order valence-corrected chi connectivity index (χ2v) is 5.89. The Morgan fingerprint density at radius 3 is 2.50 bits per heavy atom. The molecule has 1 saturated carbocycles. The van der Waals surface area contributed by atoms with Crippen molar-refractivity contribution in [2.45, 2.75) is 58.0 Å². The number of hydrogen-bond acceptors (Lipinski definition) is 3. The molecule has 1 saturated heterocycles. The van der Waals surface area contributed by atoms with Gasteiger partial charge in [0.1, 0.15) is 5.60 Å². The van der Waals surface area contributed by atoms with E-state index in [0.29, 0.717) is 18.1 Å². The van der Waals surface area contributed by atoms with Gasteiger partial charge in [0.25, 0.3) is 0 Å². The Bertz CT molecular complexity index is 297. The van der Waals surface area contributed by atoms with E-state index >= 15 is 0 Å². The molecule has 4 atom stereocenters. The average Bonchev–Trinajstić information content (AvgIpc) is 2.82. The third-order valence-corrected chi connectivity index (χ3v) is 3.40. The fourth-order valence-electron chi connectivity index (χ4n) is 2.46. The highest BCUT2D eigenvalue weighted by Crippen LogP contribution is 2.44. The van der Waals surface area contributed by atoms with E-state index in [2.05, 4.69) is 6.92 Å². The number of carbonyl (C=O) groups excluding carboxylic acids is 1. The second-order valence-electron chi connectivity index (χ2n) is 5.89. The maximum absolute atomic E-state index is 11.9. The minimum Gasteiger partial charge on any atom is -0.444 e. The number of rotatable bonds is 1. The fourth-order valence-corrected chi connectivity index (χ4v) is 2.46. The molecule has 4 nitrogen and oxygen atoms in total. The van der Waals surface area contributed by atoms with Crippen LogP contribution >= 0.6 is 0 Å². The van der Waals surface area contributed by atoms with Gasteiger partial charge in [-0.25, -0.2) is 4.79 Å². The van der Waals surface area contributed by atoms with Gasteiger partial charge in [-0.1, -0.05) is 6.92 Å². The van der Waals surface area contributed by atoms with E-state index in [0.717, 1.165) is 6.42 Å². The first kappa shape index (κ1) is 11.7. The second kappa shape index (κ2) is 3.62. The Labute approximate surface area is 96.9 Å². The summed E-state index contributed by atoms with van der Waals surface area (Å²) in [4.78, 5) is 13.6. The molecule has 0 bridgehead atoms. The Morgan fingerprint density at radius 1 is 1.44 bits per heavy atom. The van der Waals surface area contributed by atoms with Crippen molar-refractivity contribution >= 4 is 6.09 Å². The minimum absolute atomic E-state index is 0.231. The van der Waals surface area contributed by atoms with Gasteiger partial charge in [0.2, 0.25) is 0 Å². The molecule has 16 heavy (non-hydrogen) atoms. The molecule has 92 valence electrons. The van der Waals surface area contributed by atoms with E-state index < -0.39 is 5.60 Å². The van der Waals surface area contributed by atoms with Gasteiger partial charge >= 0.3 is 6.09 Å². The number of fused-ring (bicyclic) bond motifs is 1. The van der Waals surface area contributed by atoms with Gasteiger partial charge in [-0.3, -0.25) is 0 Å². The fraction of sp³-hybridized carbons (Fsp3) is 0.917. The van der Waals surface area contributed by atoms with Crippen LogP contribution in [0.2, 0.25) is 0 Å². The zero-order valence-electron chi connectivity index (χ0n) is 10.7. The topological polar surface area (TPSA) is 42.1 Å². The summed E-state index contributed by atoms with van der Waals surface area (Å²) in [5.41, 5.74) is -0.424. The van der Waals surface area contributed by atoms with Crippen LogP contribution < -0.4 is 0 Å². The molecule has 2 aliphatic rings. The molecule has 2 fully saturated rings. The molecule has 4 heteroatoms. The lowest BCUT2D eigenvalue weighted by atomic mass is 10.0. The van der Waals surface area contributed by atoms with Crippen LogP contribution in [0.3, 0.4) is 0 Å². The first-order valence-corrected chi connectivity index (χ1v) is 5.91. The van der Waals surface area contributed by atoms with Crippen molar-refractivity contribution in [3.63, 3.8) is 0 Å². The van der Waals surface area contributed by atoms with Gasteiger partial charge in [0.05, 0.1) is 12.2 Å². The predicted molar refractivity (Wildman–Crippen MR) is 60.2 cm³/mol. The standard InChI is InChI=1S/C12H21NO3/c1-7-8(6-9-10(7)15-9)13(5)11(14)16-12(2,3)4/h7-10H,6H2,1-5H3. The van der Waals surface area contributed by atoms with Gasteiger partial charge in [0.15, 0.2) is 0 Å². The molecule has 0 aromatic carbocycles. The van der Waals surface area contributed by atoms with Gasteiger partial charge in [-0.2, -0.15) is 0 Å². The van der Waals surface area contributed by atoms with Gasteiger partial charge < -0.3 is 14.4 Å². The van der Waals surface area contributed by atoms with Crippen LogP contribution in [-0.2, 0) is 9.47 Å². The number of nitrogens with zero attached hydrogens (tertiary/aromatic N) is 1. The molecule has 0 aromatic heterocycles. The third kappa shape index (κ3) is 2.17. The van der Waals surface area contributed by atoms with Crippen LogP contribution in [0.5, 0.6) is 0 Å². The van der Waals surface area contributed by atoms with Crippen LogP contribution in [0.1, 0.15) is 34.1 Å². The molecule has 1 aliphatic heterocycles. The number of amides is 1. The monoisotopic (exact) mass is 227 g/mol. The lowest BCUT2D eigenvalue weighted by Crippen LogP contribution is -2.43. The average molecular weight is 227 g/mol. The summed E-state index contributed by atoms with van der Waals surface area (Å²) < 4.78 is 10.8. The maximum Gasteiger partial charge on any atom is 0.410 e. The van der Waals surface area contributed by atoms with E-state index in [4.69, 9.17) is 9.47 Å². The number of epoxide rings is 1. The lowest BCUT2D eigenvalue weighted by Gasteiger charge is -2.31.